The number of nitrogens with one attached hydrogen (secondary N) is 1. The lowest BCUT2D eigenvalue weighted by Crippen LogP contribution is -2.56. The van der Waals surface area contributed by atoms with Gasteiger partial charge in [0.05, 0.1) is 5.56 Å². The zero-order valence-electron chi connectivity index (χ0n) is 20.2. The summed E-state index contributed by atoms with van der Waals surface area (Å²) in [7, 11) is 0. The van der Waals surface area contributed by atoms with Crippen molar-refractivity contribution >= 4 is 22.9 Å². The van der Waals surface area contributed by atoms with Gasteiger partial charge >= 0.3 is 6.18 Å². The summed E-state index contributed by atoms with van der Waals surface area (Å²) in [4.78, 5) is 0. The SMILES string of the molecule is CC(C)(C)Cn1cc(C(NSC23CC(C2)C3)C(F)F)c2cc(F)c(-c3ccccc3C(F)(F)F)cc21. The summed E-state index contributed by atoms with van der Waals surface area (Å²) in [5.41, 5.74) is -1.01. The zero-order chi connectivity index (χ0) is 26.0. The van der Waals surface area contributed by atoms with Gasteiger partial charge < -0.3 is 4.57 Å². The molecule has 0 spiro atoms. The Kier molecular flexibility index (Phi) is 6.18. The van der Waals surface area contributed by atoms with E-state index in [1.54, 1.807) is 10.8 Å². The van der Waals surface area contributed by atoms with Crippen LogP contribution in [0, 0.1) is 17.2 Å². The Bertz CT molecular complexity index is 1270. The quantitative estimate of drug-likeness (QED) is 0.245. The Hall–Kier alpha value is -2.13. The predicted octanol–water partition coefficient (Wildman–Crippen LogP) is 8.61. The van der Waals surface area contributed by atoms with E-state index in [1.807, 2.05) is 20.8 Å². The van der Waals surface area contributed by atoms with Gasteiger partial charge in [-0.15, -0.1) is 0 Å². The first kappa shape index (κ1) is 25.5. The molecule has 1 heterocycles. The molecule has 6 rings (SSSR count). The van der Waals surface area contributed by atoms with Gasteiger partial charge in [-0.25, -0.2) is 13.2 Å². The second-order valence-corrected chi connectivity index (χ2v) is 12.7. The van der Waals surface area contributed by atoms with E-state index in [9.17, 15) is 22.0 Å². The van der Waals surface area contributed by atoms with Crippen LogP contribution in [0.4, 0.5) is 26.3 Å². The monoisotopic (exact) mass is 526 g/mol. The third kappa shape index (κ3) is 4.64. The van der Waals surface area contributed by atoms with Gasteiger partial charge in [-0.1, -0.05) is 50.9 Å². The Labute approximate surface area is 210 Å². The van der Waals surface area contributed by atoms with Crippen molar-refractivity contribution in [1.82, 2.24) is 9.29 Å². The lowest BCUT2D eigenvalue weighted by atomic mass is 9.55. The Morgan fingerprint density at radius 2 is 1.72 bits per heavy atom. The van der Waals surface area contributed by atoms with Crippen molar-refractivity contribution in [1.29, 1.82) is 0 Å². The van der Waals surface area contributed by atoms with Gasteiger partial charge in [-0.3, -0.25) is 4.72 Å². The predicted molar refractivity (Wildman–Crippen MR) is 131 cm³/mol. The van der Waals surface area contributed by atoms with Crippen molar-refractivity contribution < 1.29 is 26.3 Å². The molecule has 36 heavy (non-hydrogen) atoms. The standard InChI is InChI=1S/C27H28F6N2S/c1-25(2,3)14-35-13-19(23(24(29)30)34-36-26-10-15(11-26)12-26)18-8-21(28)17(9-22(18)35)16-6-4-5-7-20(16)27(31,32)33/h4-9,13,15,23-24,34H,10-12,14H2,1-3H3. The van der Waals surface area contributed by atoms with Crippen LogP contribution >= 0.6 is 11.9 Å². The molecule has 194 valence electrons. The maximum atomic E-state index is 15.4. The second kappa shape index (κ2) is 8.72. The number of alkyl halides is 5. The molecule has 0 radical (unpaired) electrons. The fourth-order valence-corrected chi connectivity index (χ4v) is 6.93. The van der Waals surface area contributed by atoms with Crippen LogP contribution in [0.1, 0.15) is 57.2 Å². The van der Waals surface area contributed by atoms with Gasteiger partial charge in [0, 0.05) is 39.5 Å². The van der Waals surface area contributed by atoms with Crippen molar-refractivity contribution in [2.45, 2.75) is 70.0 Å². The lowest BCUT2D eigenvalue weighted by Gasteiger charge is -2.61. The molecule has 2 nitrogen and oxygen atoms in total. The Balaban J connectivity index is 1.63. The third-order valence-electron chi connectivity index (χ3n) is 7.14. The van der Waals surface area contributed by atoms with Gasteiger partial charge in [-0.2, -0.15) is 13.2 Å². The summed E-state index contributed by atoms with van der Waals surface area (Å²) in [6.45, 7) is 6.35. The first-order chi connectivity index (χ1) is 16.8. The van der Waals surface area contributed by atoms with E-state index in [0.29, 0.717) is 18.0 Å². The molecule has 0 aliphatic heterocycles. The van der Waals surface area contributed by atoms with E-state index in [1.165, 1.54) is 36.2 Å². The molecular formula is C27H28F6N2S. The van der Waals surface area contributed by atoms with E-state index in [0.717, 1.165) is 31.4 Å². The largest absolute Gasteiger partial charge is 0.417 e. The number of rotatable bonds is 7. The molecule has 1 unspecified atom stereocenters. The third-order valence-corrected chi connectivity index (χ3v) is 8.44. The maximum Gasteiger partial charge on any atom is 0.417 e. The van der Waals surface area contributed by atoms with Gasteiger partial charge in [0.1, 0.15) is 11.9 Å². The molecule has 9 heteroatoms. The van der Waals surface area contributed by atoms with Crippen LogP contribution < -0.4 is 4.72 Å². The molecule has 3 aliphatic rings. The fourth-order valence-electron chi connectivity index (χ4n) is 5.36. The smallest absolute Gasteiger partial charge is 0.347 e. The molecule has 2 bridgehead atoms. The van der Waals surface area contributed by atoms with Crippen LogP contribution in [0.25, 0.3) is 22.0 Å². The average molecular weight is 527 g/mol. The summed E-state index contributed by atoms with van der Waals surface area (Å²) < 4.78 is 89.8. The van der Waals surface area contributed by atoms with E-state index in [-0.39, 0.29) is 32.2 Å². The summed E-state index contributed by atoms with van der Waals surface area (Å²) in [5, 5.41) is 0.279. The molecule has 3 aliphatic carbocycles. The highest BCUT2D eigenvalue weighted by molar-refractivity contribution is 7.99. The molecule has 1 N–H and O–H groups in total. The minimum atomic E-state index is -4.67. The van der Waals surface area contributed by atoms with Crippen molar-refractivity contribution in [2.24, 2.45) is 11.3 Å². The topological polar surface area (TPSA) is 17.0 Å². The maximum absolute atomic E-state index is 15.4. The number of hydrogen-bond donors (Lipinski definition) is 1. The van der Waals surface area contributed by atoms with Crippen LogP contribution in [-0.2, 0) is 12.7 Å². The van der Waals surface area contributed by atoms with E-state index in [2.05, 4.69) is 4.72 Å². The minimum Gasteiger partial charge on any atom is -0.347 e. The average Bonchev–Trinajstić information content (AvgIpc) is 3.02. The van der Waals surface area contributed by atoms with Crippen LogP contribution in [0.3, 0.4) is 0 Å². The zero-order valence-corrected chi connectivity index (χ0v) is 21.0. The first-order valence-corrected chi connectivity index (χ1v) is 12.8. The molecule has 0 saturated heterocycles. The molecular weight excluding hydrogens is 498 g/mol. The number of nitrogens with zero attached hydrogens (tertiary/aromatic N) is 1. The molecule has 0 amide bonds. The Morgan fingerprint density at radius 1 is 1.06 bits per heavy atom. The van der Waals surface area contributed by atoms with Gasteiger partial charge in [0.15, 0.2) is 0 Å². The number of fused-ring (bicyclic) bond motifs is 1. The van der Waals surface area contributed by atoms with Crippen LogP contribution in [0.5, 0.6) is 0 Å². The first-order valence-electron chi connectivity index (χ1n) is 12.0. The van der Waals surface area contributed by atoms with Crippen molar-refractivity contribution in [3.63, 3.8) is 0 Å². The normalized spacial score (nSPS) is 22.6. The number of aromatic nitrogens is 1. The number of halogens is 6. The van der Waals surface area contributed by atoms with Gasteiger partial charge in [-0.05, 0) is 54.4 Å². The summed E-state index contributed by atoms with van der Waals surface area (Å²) >= 11 is 1.34. The molecule has 3 aromatic rings. The molecule has 2 aromatic carbocycles. The molecule has 1 atom stereocenters. The molecule has 3 fully saturated rings. The van der Waals surface area contributed by atoms with Crippen molar-refractivity contribution in [3.05, 3.63) is 59.5 Å². The number of hydrogen-bond acceptors (Lipinski definition) is 2. The Morgan fingerprint density at radius 3 is 2.28 bits per heavy atom. The van der Waals surface area contributed by atoms with Gasteiger partial charge in [0.2, 0.25) is 0 Å². The second-order valence-electron chi connectivity index (χ2n) is 11.4. The number of benzene rings is 2. The van der Waals surface area contributed by atoms with Crippen LogP contribution in [0.2, 0.25) is 0 Å². The highest BCUT2D eigenvalue weighted by Crippen LogP contribution is 2.64. The minimum absolute atomic E-state index is 0.0152. The molecule has 3 saturated carbocycles. The van der Waals surface area contributed by atoms with Crippen molar-refractivity contribution in [2.75, 3.05) is 0 Å². The van der Waals surface area contributed by atoms with Crippen LogP contribution in [0.15, 0.2) is 42.6 Å². The van der Waals surface area contributed by atoms with Crippen LogP contribution in [-0.4, -0.2) is 15.7 Å². The highest BCUT2D eigenvalue weighted by atomic mass is 32.2. The van der Waals surface area contributed by atoms with E-state index < -0.39 is 30.0 Å². The fraction of sp³-hybridized carbons (Fsp3) is 0.481. The summed E-state index contributed by atoms with van der Waals surface area (Å²) in [6.07, 6.45) is -2.76. The van der Waals surface area contributed by atoms with Crippen molar-refractivity contribution in [3.8, 4) is 11.1 Å². The molecule has 1 aromatic heterocycles. The summed E-state index contributed by atoms with van der Waals surface area (Å²) in [5.74, 6) is -0.181. The van der Waals surface area contributed by atoms with E-state index >= 15 is 4.39 Å². The summed E-state index contributed by atoms with van der Waals surface area (Å²) in [6, 6.07) is 5.96. The van der Waals surface area contributed by atoms with Gasteiger partial charge in [0.25, 0.3) is 6.43 Å². The highest BCUT2D eigenvalue weighted by Gasteiger charge is 2.57. The van der Waals surface area contributed by atoms with E-state index in [4.69, 9.17) is 0 Å². The lowest BCUT2D eigenvalue weighted by molar-refractivity contribution is -0.137.